The summed E-state index contributed by atoms with van der Waals surface area (Å²) in [4.78, 5) is 0. The Kier molecular flexibility index (Phi) is 2.88. The molecule has 0 bridgehead atoms. The third-order valence-electron chi connectivity index (χ3n) is 1.99. The number of nitrogens with zero attached hydrogens (tertiary/aromatic N) is 2. The summed E-state index contributed by atoms with van der Waals surface area (Å²) in [5.41, 5.74) is 2.08. The molecule has 5 heteroatoms. The van der Waals surface area contributed by atoms with Crippen molar-refractivity contribution in [3.63, 3.8) is 0 Å². The lowest BCUT2D eigenvalue weighted by Gasteiger charge is -2.05. The molecule has 1 aromatic carbocycles. The van der Waals surface area contributed by atoms with Crippen molar-refractivity contribution in [3.8, 4) is 16.3 Å². The Morgan fingerprint density at radius 3 is 2.73 bits per heavy atom. The smallest absolute Gasteiger partial charge is 0.207 e. The summed E-state index contributed by atoms with van der Waals surface area (Å²) in [7, 11) is 1.64. The largest absolute Gasteiger partial charge is 0.496 e. The quantitative estimate of drug-likeness (QED) is 0.809. The normalized spacial score (nSPS) is 10.3. The van der Waals surface area contributed by atoms with Gasteiger partial charge in [0.1, 0.15) is 5.75 Å². The highest BCUT2D eigenvalue weighted by molar-refractivity contribution is 7.18. The zero-order chi connectivity index (χ0) is 10.8. The van der Waals surface area contributed by atoms with E-state index in [9.17, 15) is 0 Å². The van der Waals surface area contributed by atoms with E-state index >= 15 is 0 Å². The molecule has 0 amide bonds. The maximum Gasteiger partial charge on any atom is 0.207 e. The van der Waals surface area contributed by atoms with Gasteiger partial charge >= 0.3 is 0 Å². The van der Waals surface area contributed by atoms with E-state index < -0.39 is 0 Å². The summed E-state index contributed by atoms with van der Waals surface area (Å²) >= 11 is 7.09. The highest BCUT2D eigenvalue weighted by Gasteiger charge is 2.10. The fraction of sp³-hybridized carbons (Fsp3) is 0.200. The van der Waals surface area contributed by atoms with E-state index in [1.165, 1.54) is 11.3 Å². The first-order valence-electron chi connectivity index (χ1n) is 4.34. The SMILES string of the molecule is COc1ccc(C)cc1-c1nnc(Cl)s1. The van der Waals surface area contributed by atoms with Crippen LogP contribution in [0.2, 0.25) is 4.47 Å². The molecule has 0 saturated heterocycles. The number of aromatic nitrogens is 2. The molecular weight excluding hydrogens is 232 g/mol. The maximum atomic E-state index is 5.75. The average Bonchev–Trinajstić information content (AvgIpc) is 2.65. The number of ether oxygens (including phenoxy) is 1. The Morgan fingerprint density at radius 2 is 2.13 bits per heavy atom. The summed E-state index contributed by atoms with van der Waals surface area (Å²) < 4.78 is 5.70. The Hall–Kier alpha value is -1.13. The van der Waals surface area contributed by atoms with Crippen LogP contribution in [0.15, 0.2) is 18.2 Å². The second kappa shape index (κ2) is 4.16. The Morgan fingerprint density at radius 1 is 1.33 bits per heavy atom. The Balaban J connectivity index is 2.55. The number of aryl methyl sites for hydroxylation is 1. The van der Waals surface area contributed by atoms with E-state index in [2.05, 4.69) is 10.2 Å². The molecule has 0 aliphatic heterocycles. The van der Waals surface area contributed by atoms with E-state index in [4.69, 9.17) is 16.3 Å². The van der Waals surface area contributed by atoms with Gasteiger partial charge in [0, 0.05) is 0 Å². The molecule has 78 valence electrons. The summed E-state index contributed by atoms with van der Waals surface area (Å²) in [5, 5.41) is 8.55. The third-order valence-corrected chi connectivity index (χ3v) is 3.04. The minimum Gasteiger partial charge on any atom is -0.496 e. The minimum absolute atomic E-state index is 0.438. The number of halogens is 1. The molecule has 2 aromatic rings. The first kappa shape index (κ1) is 10.4. The summed E-state index contributed by atoms with van der Waals surface area (Å²) in [5.74, 6) is 0.786. The molecule has 0 N–H and O–H groups in total. The van der Waals surface area contributed by atoms with Crippen LogP contribution < -0.4 is 4.74 Å². The van der Waals surface area contributed by atoms with Crippen molar-refractivity contribution in [3.05, 3.63) is 28.2 Å². The van der Waals surface area contributed by atoms with Crippen LogP contribution in [-0.4, -0.2) is 17.3 Å². The molecule has 15 heavy (non-hydrogen) atoms. The fourth-order valence-electron chi connectivity index (χ4n) is 1.30. The second-order valence-electron chi connectivity index (χ2n) is 3.06. The van der Waals surface area contributed by atoms with Gasteiger partial charge in [-0.2, -0.15) is 0 Å². The molecule has 0 spiro atoms. The van der Waals surface area contributed by atoms with Gasteiger partial charge in [-0.1, -0.05) is 23.0 Å². The molecule has 0 unspecified atom stereocenters. The van der Waals surface area contributed by atoms with Crippen LogP contribution in [0.5, 0.6) is 5.75 Å². The summed E-state index contributed by atoms with van der Waals surface area (Å²) in [6.45, 7) is 2.02. The number of rotatable bonds is 2. The van der Waals surface area contributed by atoms with Gasteiger partial charge in [0.2, 0.25) is 4.47 Å². The molecule has 0 radical (unpaired) electrons. The molecule has 1 heterocycles. The van der Waals surface area contributed by atoms with Gasteiger partial charge < -0.3 is 4.74 Å². The van der Waals surface area contributed by atoms with E-state index in [1.54, 1.807) is 7.11 Å². The topological polar surface area (TPSA) is 35.0 Å². The van der Waals surface area contributed by atoms with Crippen molar-refractivity contribution in [2.24, 2.45) is 0 Å². The monoisotopic (exact) mass is 240 g/mol. The van der Waals surface area contributed by atoms with Crippen molar-refractivity contribution in [1.82, 2.24) is 10.2 Å². The summed E-state index contributed by atoms with van der Waals surface area (Å²) in [6.07, 6.45) is 0. The molecule has 0 aliphatic rings. The minimum atomic E-state index is 0.438. The molecule has 1 aromatic heterocycles. The molecule has 0 saturated carbocycles. The van der Waals surface area contributed by atoms with Gasteiger partial charge in [-0.05, 0) is 30.7 Å². The van der Waals surface area contributed by atoms with Gasteiger partial charge in [-0.15, -0.1) is 10.2 Å². The van der Waals surface area contributed by atoms with Crippen LogP contribution in [0.1, 0.15) is 5.56 Å². The highest BCUT2D eigenvalue weighted by atomic mass is 35.5. The third kappa shape index (κ3) is 2.11. The predicted molar refractivity (Wildman–Crippen MR) is 61.6 cm³/mol. The zero-order valence-corrected chi connectivity index (χ0v) is 9.89. The van der Waals surface area contributed by atoms with Crippen LogP contribution in [0.25, 0.3) is 10.6 Å². The van der Waals surface area contributed by atoms with Gasteiger partial charge in [-0.3, -0.25) is 0 Å². The number of methoxy groups -OCH3 is 1. The van der Waals surface area contributed by atoms with Crippen LogP contribution >= 0.6 is 22.9 Å². The van der Waals surface area contributed by atoms with E-state index in [-0.39, 0.29) is 0 Å². The predicted octanol–water partition coefficient (Wildman–Crippen LogP) is 3.18. The van der Waals surface area contributed by atoms with Crippen molar-refractivity contribution >= 4 is 22.9 Å². The first-order valence-corrected chi connectivity index (χ1v) is 5.54. The highest BCUT2D eigenvalue weighted by Crippen LogP contribution is 2.33. The first-order chi connectivity index (χ1) is 7.20. The molecule has 0 aliphatic carbocycles. The van der Waals surface area contributed by atoms with Crippen molar-refractivity contribution in [2.75, 3.05) is 7.11 Å². The van der Waals surface area contributed by atoms with Crippen LogP contribution in [0.3, 0.4) is 0 Å². The van der Waals surface area contributed by atoms with Crippen molar-refractivity contribution in [2.45, 2.75) is 6.92 Å². The molecular formula is C10H9ClN2OS. The molecule has 2 rings (SSSR count). The van der Waals surface area contributed by atoms with Crippen molar-refractivity contribution in [1.29, 1.82) is 0 Å². The number of hydrogen-bond acceptors (Lipinski definition) is 4. The lowest BCUT2D eigenvalue weighted by atomic mass is 10.1. The van der Waals surface area contributed by atoms with Gasteiger partial charge in [-0.25, -0.2) is 0 Å². The number of hydrogen-bond donors (Lipinski definition) is 0. The molecule has 3 nitrogen and oxygen atoms in total. The van der Waals surface area contributed by atoms with Crippen LogP contribution in [0, 0.1) is 6.92 Å². The average molecular weight is 241 g/mol. The maximum absolute atomic E-state index is 5.75. The van der Waals surface area contributed by atoms with Gasteiger partial charge in [0.25, 0.3) is 0 Å². The van der Waals surface area contributed by atoms with Gasteiger partial charge in [0.15, 0.2) is 5.01 Å². The standard InChI is InChI=1S/C10H9ClN2OS/c1-6-3-4-8(14-2)7(5-6)9-12-13-10(11)15-9/h3-5H,1-2H3. The van der Waals surface area contributed by atoms with E-state index in [0.717, 1.165) is 21.9 Å². The van der Waals surface area contributed by atoms with Crippen LogP contribution in [-0.2, 0) is 0 Å². The van der Waals surface area contributed by atoms with Gasteiger partial charge in [0.05, 0.1) is 12.7 Å². The zero-order valence-electron chi connectivity index (χ0n) is 8.32. The number of benzene rings is 1. The fourth-order valence-corrected chi connectivity index (χ4v) is 2.15. The molecule has 0 atom stereocenters. The molecule has 0 fully saturated rings. The lowest BCUT2D eigenvalue weighted by Crippen LogP contribution is -1.88. The summed E-state index contributed by atoms with van der Waals surface area (Å²) in [6, 6.07) is 5.92. The van der Waals surface area contributed by atoms with Crippen molar-refractivity contribution < 1.29 is 4.74 Å². The Bertz CT molecular complexity index is 484. The second-order valence-corrected chi connectivity index (χ2v) is 4.62. The lowest BCUT2D eigenvalue weighted by molar-refractivity contribution is 0.416. The van der Waals surface area contributed by atoms with E-state index in [1.807, 2.05) is 25.1 Å². The van der Waals surface area contributed by atoms with Crippen LogP contribution in [0.4, 0.5) is 0 Å². The Labute approximate surface area is 96.7 Å². The van der Waals surface area contributed by atoms with E-state index in [0.29, 0.717) is 4.47 Å².